The quantitative estimate of drug-likeness (QED) is 0.303. The van der Waals surface area contributed by atoms with Crippen molar-refractivity contribution in [1.82, 2.24) is 0 Å². The van der Waals surface area contributed by atoms with Gasteiger partial charge in [-0.2, -0.15) is 26.3 Å². The zero-order valence-electron chi connectivity index (χ0n) is 19.0. The SMILES string of the molecule is C/C=C/C1CCC(c2ccc(C3CCC(CCC)CC3)c(C(F)(F)F)c2C(F)(F)F)CC1. The number of hydrogen-bond acceptors (Lipinski definition) is 0. The Morgan fingerprint density at radius 2 is 1.19 bits per heavy atom. The lowest BCUT2D eigenvalue weighted by atomic mass is 9.72. The highest BCUT2D eigenvalue weighted by molar-refractivity contribution is 5.48. The summed E-state index contributed by atoms with van der Waals surface area (Å²) in [4.78, 5) is 0. The van der Waals surface area contributed by atoms with Crippen LogP contribution in [0.2, 0.25) is 0 Å². The molecule has 0 heterocycles. The first-order valence-electron chi connectivity index (χ1n) is 12.0. The minimum absolute atomic E-state index is 0.147. The molecule has 3 rings (SSSR count). The van der Waals surface area contributed by atoms with Gasteiger partial charge in [-0.1, -0.05) is 44.1 Å². The Morgan fingerprint density at radius 1 is 0.750 bits per heavy atom. The number of hydrogen-bond donors (Lipinski definition) is 0. The maximum Gasteiger partial charge on any atom is 0.417 e. The molecular weight excluding hydrogens is 426 g/mol. The van der Waals surface area contributed by atoms with Gasteiger partial charge in [0.05, 0.1) is 11.1 Å². The molecule has 1 aromatic rings. The molecule has 0 nitrogen and oxygen atoms in total. The first-order chi connectivity index (χ1) is 15.1. The topological polar surface area (TPSA) is 0 Å². The van der Waals surface area contributed by atoms with E-state index in [-0.39, 0.29) is 11.1 Å². The standard InChI is InChI=1S/C26H34F6/c1-3-5-17-7-11-19(12-8-17)21-15-16-22(20-13-9-18(6-4-2)10-14-20)24(26(30,31)32)23(21)25(27,28)29/h3,5,15-20H,4,6-14H2,1-2H3/b5-3+. The summed E-state index contributed by atoms with van der Waals surface area (Å²) >= 11 is 0. The van der Waals surface area contributed by atoms with Crippen LogP contribution in [0.3, 0.4) is 0 Å². The number of benzene rings is 1. The highest BCUT2D eigenvalue weighted by Crippen LogP contribution is 2.51. The van der Waals surface area contributed by atoms with Gasteiger partial charge in [0.25, 0.3) is 0 Å². The number of alkyl halides is 6. The van der Waals surface area contributed by atoms with Crippen LogP contribution in [-0.2, 0) is 12.4 Å². The number of rotatable bonds is 5. The summed E-state index contributed by atoms with van der Waals surface area (Å²) in [5.74, 6) is -0.173. The van der Waals surface area contributed by atoms with Crippen LogP contribution < -0.4 is 0 Å². The third kappa shape index (κ3) is 5.72. The normalized spacial score (nSPS) is 27.8. The molecule has 0 spiro atoms. The van der Waals surface area contributed by atoms with Crippen molar-refractivity contribution in [3.05, 3.63) is 46.5 Å². The molecule has 2 fully saturated rings. The van der Waals surface area contributed by atoms with Crippen LogP contribution in [0, 0.1) is 11.8 Å². The predicted octanol–water partition coefficient (Wildman–Crippen LogP) is 9.65. The van der Waals surface area contributed by atoms with Gasteiger partial charge in [0.2, 0.25) is 0 Å². The summed E-state index contributed by atoms with van der Waals surface area (Å²) in [7, 11) is 0. The summed E-state index contributed by atoms with van der Waals surface area (Å²) < 4.78 is 85.1. The average Bonchev–Trinajstić information content (AvgIpc) is 2.73. The van der Waals surface area contributed by atoms with E-state index in [1.54, 1.807) is 0 Å². The van der Waals surface area contributed by atoms with Gasteiger partial charge in [0.15, 0.2) is 0 Å². The van der Waals surface area contributed by atoms with Crippen molar-refractivity contribution in [2.24, 2.45) is 11.8 Å². The van der Waals surface area contributed by atoms with Gasteiger partial charge in [-0.05, 0) is 93.1 Å². The molecule has 0 atom stereocenters. The molecule has 0 unspecified atom stereocenters. The molecule has 0 radical (unpaired) electrons. The average molecular weight is 461 g/mol. The van der Waals surface area contributed by atoms with Gasteiger partial charge in [0, 0.05) is 0 Å². The lowest BCUT2D eigenvalue weighted by molar-refractivity contribution is -0.163. The Bertz CT molecular complexity index is 773. The molecule has 0 N–H and O–H groups in total. The molecular formula is C26H34F6. The highest BCUT2D eigenvalue weighted by Gasteiger charge is 2.48. The van der Waals surface area contributed by atoms with Gasteiger partial charge in [-0.15, -0.1) is 0 Å². The van der Waals surface area contributed by atoms with E-state index in [0.717, 1.165) is 25.7 Å². The first kappa shape index (κ1) is 25.2. The Morgan fingerprint density at radius 3 is 1.56 bits per heavy atom. The predicted molar refractivity (Wildman–Crippen MR) is 116 cm³/mol. The monoisotopic (exact) mass is 460 g/mol. The van der Waals surface area contributed by atoms with E-state index in [0.29, 0.717) is 50.4 Å². The van der Waals surface area contributed by atoms with Gasteiger partial charge < -0.3 is 0 Å². The number of halogens is 6. The molecule has 2 aliphatic carbocycles. The van der Waals surface area contributed by atoms with Gasteiger partial charge in [-0.3, -0.25) is 0 Å². The highest BCUT2D eigenvalue weighted by atomic mass is 19.4. The minimum atomic E-state index is -5.03. The second-order valence-corrected chi connectivity index (χ2v) is 9.63. The first-order valence-corrected chi connectivity index (χ1v) is 12.0. The molecule has 2 saturated carbocycles. The Hall–Kier alpha value is -1.46. The van der Waals surface area contributed by atoms with Crippen LogP contribution in [0.15, 0.2) is 24.3 Å². The Labute approximate surface area is 187 Å². The van der Waals surface area contributed by atoms with Gasteiger partial charge >= 0.3 is 12.4 Å². The molecule has 0 amide bonds. The summed E-state index contributed by atoms with van der Waals surface area (Å²) in [6, 6.07) is 2.74. The van der Waals surface area contributed by atoms with Crippen molar-refractivity contribution in [3.63, 3.8) is 0 Å². The summed E-state index contributed by atoms with van der Waals surface area (Å²) in [5.41, 5.74) is -3.15. The summed E-state index contributed by atoms with van der Waals surface area (Å²) in [6.07, 6.45) is 0.959. The van der Waals surface area contributed by atoms with Crippen molar-refractivity contribution in [1.29, 1.82) is 0 Å². The second-order valence-electron chi connectivity index (χ2n) is 9.63. The lowest BCUT2D eigenvalue weighted by Gasteiger charge is -2.34. The Kier molecular flexibility index (Phi) is 8.03. The second kappa shape index (κ2) is 10.2. The molecule has 0 bridgehead atoms. The molecule has 0 aromatic heterocycles. The van der Waals surface area contributed by atoms with Crippen LogP contribution in [0.5, 0.6) is 0 Å². The van der Waals surface area contributed by atoms with Crippen molar-refractivity contribution in [2.45, 2.75) is 102 Å². The summed E-state index contributed by atoms with van der Waals surface area (Å²) in [6.45, 7) is 3.98. The minimum Gasteiger partial charge on any atom is -0.166 e. The maximum absolute atomic E-state index is 14.2. The van der Waals surface area contributed by atoms with Crippen molar-refractivity contribution >= 4 is 0 Å². The fraction of sp³-hybridized carbons (Fsp3) is 0.692. The van der Waals surface area contributed by atoms with E-state index in [4.69, 9.17) is 0 Å². The Balaban J connectivity index is 2.00. The van der Waals surface area contributed by atoms with Gasteiger partial charge in [-0.25, -0.2) is 0 Å². The van der Waals surface area contributed by atoms with Crippen LogP contribution >= 0.6 is 0 Å². The maximum atomic E-state index is 14.2. The zero-order chi connectivity index (χ0) is 23.5. The van der Waals surface area contributed by atoms with Crippen molar-refractivity contribution in [3.8, 4) is 0 Å². The lowest BCUT2D eigenvalue weighted by Crippen LogP contribution is -2.25. The van der Waals surface area contributed by atoms with E-state index in [1.165, 1.54) is 12.1 Å². The molecule has 1 aromatic carbocycles. The smallest absolute Gasteiger partial charge is 0.166 e. The number of allylic oxidation sites excluding steroid dienone is 2. The van der Waals surface area contributed by atoms with E-state index in [1.807, 2.05) is 19.1 Å². The molecule has 32 heavy (non-hydrogen) atoms. The van der Waals surface area contributed by atoms with E-state index >= 15 is 0 Å². The largest absolute Gasteiger partial charge is 0.417 e. The van der Waals surface area contributed by atoms with Gasteiger partial charge in [0.1, 0.15) is 0 Å². The van der Waals surface area contributed by atoms with E-state index in [2.05, 4.69) is 6.92 Å². The van der Waals surface area contributed by atoms with E-state index < -0.39 is 35.3 Å². The fourth-order valence-electron chi connectivity index (χ4n) is 5.99. The van der Waals surface area contributed by atoms with Crippen LogP contribution in [-0.4, -0.2) is 0 Å². The molecule has 0 aliphatic heterocycles. The van der Waals surface area contributed by atoms with Crippen LogP contribution in [0.4, 0.5) is 26.3 Å². The third-order valence-corrected chi connectivity index (χ3v) is 7.50. The summed E-state index contributed by atoms with van der Waals surface area (Å²) in [5, 5.41) is 0. The molecule has 6 heteroatoms. The molecule has 0 saturated heterocycles. The molecule has 180 valence electrons. The van der Waals surface area contributed by atoms with E-state index in [9.17, 15) is 26.3 Å². The third-order valence-electron chi connectivity index (χ3n) is 7.50. The van der Waals surface area contributed by atoms with Crippen molar-refractivity contribution < 1.29 is 26.3 Å². The fourth-order valence-corrected chi connectivity index (χ4v) is 5.99. The van der Waals surface area contributed by atoms with Crippen LogP contribution in [0.25, 0.3) is 0 Å². The zero-order valence-corrected chi connectivity index (χ0v) is 19.0. The van der Waals surface area contributed by atoms with Crippen LogP contribution in [0.1, 0.15) is 112 Å². The molecule has 2 aliphatic rings. The van der Waals surface area contributed by atoms with Crippen molar-refractivity contribution in [2.75, 3.05) is 0 Å².